The van der Waals surface area contributed by atoms with Crippen LogP contribution in [0.5, 0.6) is 0 Å². The van der Waals surface area contributed by atoms with Crippen molar-refractivity contribution in [2.75, 3.05) is 13.7 Å². The van der Waals surface area contributed by atoms with Crippen LogP contribution in [0.4, 0.5) is 0 Å². The number of nitrogens with two attached hydrogens (primary N) is 2. The van der Waals surface area contributed by atoms with E-state index in [4.69, 9.17) is 21.2 Å². The molecular weight excluding hydrogens is 487 g/mol. The van der Waals surface area contributed by atoms with Crippen LogP contribution in [0, 0.1) is 12.8 Å². The Morgan fingerprint density at radius 2 is 1.77 bits per heavy atom. The molecule has 9 heteroatoms. The predicted molar refractivity (Wildman–Crippen MR) is 144 cm³/mol. The van der Waals surface area contributed by atoms with E-state index in [9.17, 15) is 9.59 Å². The fourth-order valence-corrected chi connectivity index (χ4v) is 4.69. The summed E-state index contributed by atoms with van der Waals surface area (Å²) in [4.78, 5) is 32.1. The molecule has 0 bridgehead atoms. The van der Waals surface area contributed by atoms with Crippen LogP contribution in [-0.2, 0) is 40.3 Å². The normalized spacial score (nSPS) is 14.9. The van der Waals surface area contributed by atoms with E-state index >= 15 is 0 Å². The van der Waals surface area contributed by atoms with E-state index in [0.29, 0.717) is 32.0 Å². The first-order valence-electron chi connectivity index (χ1n) is 11.7. The van der Waals surface area contributed by atoms with Crippen molar-refractivity contribution in [3.05, 3.63) is 52.3 Å². The molecular formula is C26H38Cl2N4O3. The number of carbonyl (C=O) groups is 2. The third kappa shape index (κ3) is 6.94. The number of benzene rings is 1. The van der Waals surface area contributed by atoms with E-state index < -0.39 is 6.04 Å². The molecule has 1 saturated heterocycles. The van der Waals surface area contributed by atoms with Crippen molar-refractivity contribution in [1.82, 2.24) is 9.88 Å². The van der Waals surface area contributed by atoms with Crippen LogP contribution >= 0.6 is 24.8 Å². The van der Waals surface area contributed by atoms with E-state index in [2.05, 4.69) is 13.8 Å². The Labute approximate surface area is 220 Å². The number of likely N-dealkylation sites (tertiary alicyclic amines) is 1. The summed E-state index contributed by atoms with van der Waals surface area (Å²) in [5.74, 6) is -0.0250. The zero-order chi connectivity index (χ0) is 24.1. The van der Waals surface area contributed by atoms with Crippen molar-refractivity contribution in [3.63, 3.8) is 0 Å². The van der Waals surface area contributed by atoms with Crippen LogP contribution < -0.4 is 11.5 Å². The Hall–Kier alpha value is -2.19. The van der Waals surface area contributed by atoms with Crippen LogP contribution in [0.25, 0.3) is 11.1 Å². The fourth-order valence-electron chi connectivity index (χ4n) is 4.69. The monoisotopic (exact) mass is 524 g/mol. The second-order valence-electron chi connectivity index (χ2n) is 9.12. The number of aromatic nitrogens is 1. The molecule has 0 aliphatic carbocycles. The fraction of sp³-hybridized carbons (Fsp3) is 0.500. The molecule has 4 N–H and O–H groups in total. The molecule has 2 heterocycles. The molecule has 1 aliphatic heterocycles. The minimum absolute atomic E-state index is 0. The molecule has 0 saturated carbocycles. The van der Waals surface area contributed by atoms with Gasteiger partial charge in [0.15, 0.2) is 0 Å². The van der Waals surface area contributed by atoms with Crippen molar-refractivity contribution >= 4 is 36.7 Å². The second kappa shape index (κ2) is 13.8. The molecule has 1 fully saturated rings. The van der Waals surface area contributed by atoms with Gasteiger partial charge in [0.2, 0.25) is 5.91 Å². The summed E-state index contributed by atoms with van der Waals surface area (Å²) in [6, 6.07) is 7.57. The molecule has 0 unspecified atom stereocenters. The van der Waals surface area contributed by atoms with Crippen LogP contribution in [0.15, 0.2) is 24.3 Å². The first-order valence-corrected chi connectivity index (χ1v) is 11.7. The highest BCUT2D eigenvalue weighted by atomic mass is 35.5. The maximum atomic E-state index is 13.4. The van der Waals surface area contributed by atoms with Gasteiger partial charge in [0, 0.05) is 31.0 Å². The topological polar surface area (TPSA) is 112 Å². The minimum atomic E-state index is -0.516. The first-order chi connectivity index (χ1) is 15.8. The third-order valence-electron chi connectivity index (χ3n) is 6.35. The smallest absolute Gasteiger partial charge is 0.328 e. The number of hydrogen-bond donors (Lipinski definition) is 2. The highest BCUT2D eigenvalue weighted by Crippen LogP contribution is 2.34. The van der Waals surface area contributed by atoms with Crippen molar-refractivity contribution in [1.29, 1.82) is 0 Å². The molecule has 1 aromatic carbocycles. The maximum absolute atomic E-state index is 13.4. The van der Waals surface area contributed by atoms with Crippen LogP contribution in [-0.4, -0.2) is 41.5 Å². The van der Waals surface area contributed by atoms with Gasteiger partial charge in [-0.3, -0.25) is 9.78 Å². The van der Waals surface area contributed by atoms with E-state index in [1.807, 2.05) is 31.2 Å². The number of ether oxygens (including phenoxy) is 1. The van der Waals surface area contributed by atoms with Crippen molar-refractivity contribution in [2.45, 2.75) is 65.6 Å². The Kier molecular flexibility index (Phi) is 12.1. The summed E-state index contributed by atoms with van der Waals surface area (Å²) >= 11 is 0. The highest BCUT2D eigenvalue weighted by molar-refractivity contribution is 5.88. The lowest BCUT2D eigenvalue weighted by Crippen LogP contribution is -2.42. The average Bonchev–Trinajstić information content (AvgIpc) is 3.30. The van der Waals surface area contributed by atoms with Crippen molar-refractivity contribution in [3.8, 4) is 11.1 Å². The quantitative estimate of drug-likeness (QED) is 0.508. The van der Waals surface area contributed by atoms with E-state index in [0.717, 1.165) is 52.0 Å². The number of carbonyl (C=O) groups excluding carboxylic acids is 2. The van der Waals surface area contributed by atoms with Gasteiger partial charge in [0.1, 0.15) is 6.04 Å². The third-order valence-corrected chi connectivity index (χ3v) is 6.35. The second-order valence-corrected chi connectivity index (χ2v) is 9.12. The Morgan fingerprint density at radius 3 is 2.31 bits per heavy atom. The summed E-state index contributed by atoms with van der Waals surface area (Å²) in [6.45, 7) is 7.62. The zero-order valence-corrected chi connectivity index (χ0v) is 22.6. The highest BCUT2D eigenvalue weighted by Gasteiger charge is 2.35. The van der Waals surface area contributed by atoms with Gasteiger partial charge < -0.3 is 21.1 Å². The molecule has 1 atom stereocenters. The summed E-state index contributed by atoms with van der Waals surface area (Å²) in [5, 5.41) is 0. The number of aryl methyl sites for hydroxylation is 1. The molecule has 1 aliphatic rings. The number of rotatable bonds is 8. The molecule has 3 rings (SSSR count). The first kappa shape index (κ1) is 30.8. The molecule has 0 spiro atoms. The number of pyridine rings is 1. The maximum Gasteiger partial charge on any atom is 0.328 e. The number of methoxy groups -OCH3 is 1. The number of hydrogen-bond acceptors (Lipinski definition) is 6. The number of halogens is 2. The van der Waals surface area contributed by atoms with Crippen molar-refractivity contribution < 1.29 is 14.3 Å². The lowest BCUT2D eigenvalue weighted by molar-refractivity contribution is -0.150. The Morgan fingerprint density at radius 1 is 1.11 bits per heavy atom. The van der Waals surface area contributed by atoms with E-state index in [-0.39, 0.29) is 43.1 Å². The summed E-state index contributed by atoms with van der Waals surface area (Å²) in [7, 11) is 1.36. The van der Waals surface area contributed by atoms with Crippen LogP contribution in [0.2, 0.25) is 0 Å². The van der Waals surface area contributed by atoms with Gasteiger partial charge in [-0.1, -0.05) is 38.1 Å². The SMILES string of the molecule is COC(=O)[C@@H]1CCCN1C(=O)Cc1c(C)nc(CC(C)C)c(CN)c1-c1ccc(CN)cc1.Cl.Cl. The van der Waals surface area contributed by atoms with Crippen molar-refractivity contribution in [2.24, 2.45) is 17.4 Å². The number of esters is 1. The summed E-state index contributed by atoms with van der Waals surface area (Å²) in [6.07, 6.45) is 2.39. The summed E-state index contributed by atoms with van der Waals surface area (Å²) < 4.78 is 4.92. The van der Waals surface area contributed by atoms with Gasteiger partial charge in [0.05, 0.1) is 13.5 Å². The van der Waals surface area contributed by atoms with Gasteiger partial charge in [0.25, 0.3) is 0 Å². The standard InChI is InChI=1S/C26H36N4O3.2ClH/c1-16(2)12-22-21(15-28)25(19-9-7-18(14-27)8-10-19)20(17(3)29-22)13-24(31)30-11-5-6-23(30)26(32)33-4;;/h7-10,16,23H,5-6,11-15,27-28H2,1-4H3;2*1H/t23-;;/m0../s1. The molecule has 194 valence electrons. The Bertz CT molecular complexity index is 1010. The largest absolute Gasteiger partial charge is 0.467 e. The minimum Gasteiger partial charge on any atom is -0.467 e. The zero-order valence-electron chi connectivity index (χ0n) is 21.0. The molecule has 35 heavy (non-hydrogen) atoms. The van der Waals surface area contributed by atoms with Gasteiger partial charge in [-0.15, -0.1) is 24.8 Å². The van der Waals surface area contributed by atoms with Gasteiger partial charge in [-0.05, 0) is 59.9 Å². The summed E-state index contributed by atoms with van der Waals surface area (Å²) in [5.41, 5.74) is 18.7. The van der Waals surface area contributed by atoms with Gasteiger partial charge >= 0.3 is 5.97 Å². The molecule has 7 nitrogen and oxygen atoms in total. The lowest BCUT2D eigenvalue weighted by Gasteiger charge is -2.25. The lowest BCUT2D eigenvalue weighted by atomic mass is 9.88. The number of amides is 1. The van der Waals surface area contributed by atoms with Gasteiger partial charge in [-0.25, -0.2) is 4.79 Å². The molecule has 1 amide bonds. The average molecular weight is 526 g/mol. The van der Waals surface area contributed by atoms with E-state index in [1.165, 1.54) is 7.11 Å². The van der Waals surface area contributed by atoms with Crippen LogP contribution in [0.1, 0.15) is 54.8 Å². The predicted octanol–water partition coefficient (Wildman–Crippen LogP) is 3.72. The Balaban J connectivity index is 0.00000306. The van der Waals surface area contributed by atoms with Crippen LogP contribution in [0.3, 0.4) is 0 Å². The molecule has 0 radical (unpaired) electrons. The van der Waals surface area contributed by atoms with Gasteiger partial charge in [-0.2, -0.15) is 0 Å². The molecule has 2 aromatic rings. The molecule has 1 aromatic heterocycles. The number of nitrogens with zero attached hydrogens (tertiary/aromatic N) is 2. The van der Waals surface area contributed by atoms with E-state index in [1.54, 1.807) is 4.90 Å².